The summed E-state index contributed by atoms with van der Waals surface area (Å²) < 4.78 is 12.4. The first-order valence-corrected chi connectivity index (χ1v) is 10.7. The highest BCUT2D eigenvalue weighted by Gasteiger charge is 2.13. The fraction of sp³-hybridized carbons (Fsp3) is 0.217. The van der Waals surface area contributed by atoms with Crippen molar-refractivity contribution in [1.82, 2.24) is 0 Å². The summed E-state index contributed by atoms with van der Waals surface area (Å²) in [6, 6.07) is 15.6. The second-order valence-electron chi connectivity index (χ2n) is 6.73. The van der Waals surface area contributed by atoms with Gasteiger partial charge in [-0.25, -0.2) is 0 Å². The van der Waals surface area contributed by atoms with Crippen molar-refractivity contribution in [1.29, 1.82) is 0 Å². The number of halogens is 3. The first kappa shape index (κ1) is 21.8. The third-order valence-electron chi connectivity index (χ3n) is 4.76. The lowest BCUT2D eigenvalue weighted by Gasteiger charge is -2.16. The second kappa shape index (κ2) is 9.75. The Morgan fingerprint density at radius 3 is 2.55 bits per heavy atom. The van der Waals surface area contributed by atoms with Gasteiger partial charge in [-0.05, 0) is 76.8 Å². The lowest BCUT2D eigenvalue weighted by molar-refractivity contribution is 0.282. The van der Waals surface area contributed by atoms with E-state index in [9.17, 15) is 0 Å². The molecule has 0 radical (unpaired) electrons. The highest BCUT2D eigenvalue weighted by atomic mass is 79.9. The molecule has 0 bridgehead atoms. The standard InChI is InChI=1S/C23H22BrCl2NO2/c1-14-5-4-6-21(15(14)2)27-12-16-9-19(24)23(22(10-16)28-3)29-13-17-7-8-18(25)11-20(17)26/h4-11,27H,12-13H2,1-3H3. The monoisotopic (exact) mass is 493 g/mol. The number of nitrogens with one attached hydrogen (secondary N) is 1. The summed E-state index contributed by atoms with van der Waals surface area (Å²) in [4.78, 5) is 0. The second-order valence-corrected chi connectivity index (χ2v) is 8.43. The van der Waals surface area contributed by atoms with E-state index in [2.05, 4.69) is 53.3 Å². The molecule has 0 aliphatic carbocycles. The highest BCUT2D eigenvalue weighted by molar-refractivity contribution is 9.10. The van der Waals surface area contributed by atoms with Gasteiger partial charge in [0.1, 0.15) is 6.61 Å². The molecule has 6 heteroatoms. The van der Waals surface area contributed by atoms with Crippen LogP contribution in [0, 0.1) is 13.8 Å². The van der Waals surface area contributed by atoms with Crippen molar-refractivity contribution in [3.8, 4) is 11.5 Å². The van der Waals surface area contributed by atoms with Gasteiger partial charge >= 0.3 is 0 Å². The van der Waals surface area contributed by atoms with Gasteiger partial charge in [-0.15, -0.1) is 0 Å². The highest BCUT2D eigenvalue weighted by Crippen LogP contribution is 2.38. The molecule has 0 heterocycles. The van der Waals surface area contributed by atoms with Gasteiger partial charge in [-0.3, -0.25) is 0 Å². The van der Waals surface area contributed by atoms with Crippen LogP contribution in [0.4, 0.5) is 5.69 Å². The Morgan fingerprint density at radius 2 is 1.83 bits per heavy atom. The van der Waals surface area contributed by atoms with Crippen LogP contribution in [0.5, 0.6) is 11.5 Å². The van der Waals surface area contributed by atoms with Crippen molar-refractivity contribution in [2.75, 3.05) is 12.4 Å². The fourth-order valence-electron chi connectivity index (χ4n) is 2.94. The summed E-state index contributed by atoms with van der Waals surface area (Å²) in [5.41, 5.74) is 5.56. The molecule has 29 heavy (non-hydrogen) atoms. The van der Waals surface area contributed by atoms with E-state index < -0.39 is 0 Å². The average molecular weight is 495 g/mol. The van der Waals surface area contributed by atoms with Crippen molar-refractivity contribution in [3.05, 3.63) is 85.3 Å². The van der Waals surface area contributed by atoms with Crippen LogP contribution in [0.25, 0.3) is 0 Å². The minimum absolute atomic E-state index is 0.311. The zero-order valence-electron chi connectivity index (χ0n) is 16.5. The molecule has 0 atom stereocenters. The lowest BCUT2D eigenvalue weighted by atomic mass is 10.1. The summed E-state index contributed by atoms with van der Waals surface area (Å²) >= 11 is 15.8. The number of rotatable bonds is 7. The van der Waals surface area contributed by atoms with E-state index in [1.807, 2.05) is 18.2 Å². The molecule has 0 saturated heterocycles. The van der Waals surface area contributed by atoms with Crippen LogP contribution >= 0.6 is 39.1 Å². The molecular weight excluding hydrogens is 473 g/mol. The Labute approximate surface area is 190 Å². The van der Waals surface area contributed by atoms with Gasteiger partial charge in [0.25, 0.3) is 0 Å². The Morgan fingerprint density at radius 1 is 1.03 bits per heavy atom. The molecule has 0 saturated carbocycles. The molecule has 0 aromatic heterocycles. The molecule has 1 N–H and O–H groups in total. The van der Waals surface area contributed by atoms with Gasteiger partial charge in [0, 0.05) is 27.8 Å². The summed E-state index contributed by atoms with van der Waals surface area (Å²) in [7, 11) is 1.63. The van der Waals surface area contributed by atoms with E-state index in [-0.39, 0.29) is 0 Å². The first-order valence-electron chi connectivity index (χ1n) is 9.12. The molecule has 0 spiro atoms. The van der Waals surface area contributed by atoms with Crippen molar-refractivity contribution in [2.24, 2.45) is 0 Å². The van der Waals surface area contributed by atoms with Gasteiger partial charge in [-0.2, -0.15) is 0 Å². The minimum Gasteiger partial charge on any atom is -0.493 e. The molecule has 152 valence electrons. The molecule has 0 aliphatic heterocycles. The van der Waals surface area contributed by atoms with E-state index in [0.29, 0.717) is 34.7 Å². The van der Waals surface area contributed by atoms with Gasteiger partial charge < -0.3 is 14.8 Å². The first-order chi connectivity index (χ1) is 13.9. The summed E-state index contributed by atoms with van der Waals surface area (Å²) in [6.07, 6.45) is 0. The fourth-order valence-corrected chi connectivity index (χ4v) is 4.01. The van der Waals surface area contributed by atoms with Crippen molar-refractivity contribution < 1.29 is 9.47 Å². The number of hydrogen-bond donors (Lipinski definition) is 1. The number of ether oxygens (including phenoxy) is 2. The Hall–Kier alpha value is -1.88. The maximum absolute atomic E-state index is 6.24. The van der Waals surface area contributed by atoms with Gasteiger partial charge in [0.05, 0.1) is 11.6 Å². The van der Waals surface area contributed by atoms with Crippen LogP contribution in [-0.4, -0.2) is 7.11 Å². The van der Waals surface area contributed by atoms with Crippen LogP contribution in [0.1, 0.15) is 22.3 Å². The molecule has 0 unspecified atom stereocenters. The quantitative estimate of drug-likeness (QED) is 0.367. The average Bonchev–Trinajstić information content (AvgIpc) is 2.69. The molecule has 3 aromatic carbocycles. The third-order valence-corrected chi connectivity index (χ3v) is 5.94. The van der Waals surface area contributed by atoms with Crippen LogP contribution in [0.2, 0.25) is 10.0 Å². The SMILES string of the molecule is COc1cc(CNc2cccc(C)c2C)cc(Br)c1OCc1ccc(Cl)cc1Cl. The maximum Gasteiger partial charge on any atom is 0.175 e. The smallest absolute Gasteiger partial charge is 0.175 e. The summed E-state index contributed by atoms with van der Waals surface area (Å²) in [6.45, 7) is 5.21. The molecular formula is C23H22BrCl2NO2. The van der Waals surface area contributed by atoms with Crippen LogP contribution < -0.4 is 14.8 Å². The minimum atomic E-state index is 0.311. The van der Waals surface area contributed by atoms with Gasteiger partial charge in [0.2, 0.25) is 0 Å². The Kier molecular flexibility index (Phi) is 7.33. The molecule has 3 nitrogen and oxygen atoms in total. The largest absolute Gasteiger partial charge is 0.493 e. The van der Waals surface area contributed by atoms with E-state index in [4.69, 9.17) is 32.7 Å². The molecule has 0 aliphatic rings. The molecule has 3 rings (SSSR count). The Balaban J connectivity index is 1.75. The number of anilines is 1. The summed E-state index contributed by atoms with van der Waals surface area (Å²) in [5, 5.41) is 4.66. The van der Waals surface area contributed by atoms with Crippen molar-refractivity contribution >= 4 is 44.8 Å². The normalized spacial score (nSPS) is 10.7. The number of methoxy groups -OCH3 is 1. The zero-order valence-corrected chi connectivity index (χ0v) is 19.6. The predicted octanol–water partition coefficient (Wildman–Crippen LogP) is 7.57. The van der Waals surface area contributed by atoms with Crippen molar-refractivity contribution in [3.63, 3.8) is 0 Å². The van der Waals surface area contributed by atoms with E-state index in [1.165, 1.54) is 11.1 Å². The zero-order chi connectivity index (χ0) is 21.0. The van der Waals surface area contributed by atoms with Gasteiger partial charge in [0.15, 0.2) is 11.5 Å². The molecule has 0 fully saturated rings. The van der Waals surface area contributed by atoms with E-state index in [1.54, 1.807) is 19.2 Å². The number of hydrogen-bond acceptors (Lipinski definition) is 3. The van der Waals surface area contributed by atoms with Crippen LogP contribution in [0.3, 0.4) is 0 Å². The predicted molar refractivity (Wildman–Crippen MR) is 125 cm³/mol. The summed E-state index contributed by atoms with van der Waals surface area (Å²) in [5.74, 6) is 1.29. The van der Waals surface area contributed by atoms with E-state index >= 15 is 0 Å². The Bertz CT molecular complexity index is 1020. The molecule has 3 aromatic rings. The number of benzene rings is 3. The lowest BCUT2D eigenvalue weighted by Crippen LogP contribution is -2.04. The van der Waals surface area contributed by atoms with Crippen LogP contribution in [-0.2, 0) is 13.2 Å². The third kappa shape index (κ3) is 5.39. The molecule has 0 amide bonds. The van der Waals surface area contributed by atoms with Gasteiger partial charge in [-0.1, -0.05) is 41.4 Å². The van der Waals surface area contributed by atoms with E-state index in [0.717, 1.165) is 21.3 Å². The van der Waals surface area contributed by atoms with Crippen LogP contribution in [0.15, 0.2) is 53.0 Å². The van der Waals surface area contributed by atoms with Crippen molar-refractivity contribution in [2.45, 2.75) is 27.0 Å². The number of aryl methyl sites for hydroxylation is 1. The maximum atomic E-state index is 6.24. The topological polar surface area (TPSA) is 30.5 Å².